The molecule has 3 aliphatic carbocycles. The van der Waals surface area contributed by atoms with E-state index in [1.54, 1.807) is 6.07 Å². The molecule has 126 valence electrons. The van der Waals surface area contributed by atoms with E-state index in [1.807, 2.05) is 12.1 Å². The molecule has 1 aromatic carbocycles. The number of benzene rings is 1. The molecule has 0 aliphatic heterocycles. The quantitative estimate of drug-likeness (QED) is 0.815. The van der Waals surface area contributed by atoms with Gasteiger partial charge in [-0.15, -0.1) is 0 Å². The third-order valence-corrected chi connectivity index (χ3v) is 7.09. The lowest BCUT2D eigenvalue weighted by Gasteiger charge is -2.53. The second-order valence-corrected chi connectivity index (χ2v) is 8.43. The van der Waals surface area contributed by atoms with Crippen molar-refractivity contribution in [1.29, 1.82) is 0 Å². The lowest BCUT2D eigenvalue weighted by Crippen LogP contribution is -2.48. The zero-order chi connectivity index (χ0) is 16.4. The van der Waals surface area contributed by atoms with E-state index < -0.39 is 6.17 Å². The van der Waals surface area contributed by atoms with Crippen LogP contribution in [0.2, 0.25) is 0 Å². The summed E-state index contributed by atoms with van der Waals surface area (Å²) < 4.78 is 15.3. The topological polar surface area (TPSA) is 40.5 Å². The molecule has 4 rings (SSSR count). The summed E-state index contributed by atoms with van der Waals surface area (Å²) >= 11 is 0. The molecule has 0 radical (unpaired) electrons. The van der Waals surface area contributed by atoms with E-state index in [0.717, 1.165) is 36.8 Å². The molecular formula is C20H27FO2. The van der Waals surface area contributed by atoms with Crippen LogP contribution in [0, 0.1) is 23.2 Å². The Balaban J connectivity index is 1.81. The van der Waals surface area contributed by atoms with Gasteiger partial charge in [-0.1, -0.05) is 26.3 Å². The third kappa shape index (κ3) is 2.23. The molecule has 2 saturated carbocycles. The Bertz CT molecular complexity index is 616. The van der Waals surface area contributed by atoms with Crippen LogP contribution >= 0.6 is 0 Å². The van der Waals surface area contributed by atoms with Gasteiger partial charge in [0.05, 0.1) is 6.10 Å². The zero-order valence-corrected chi connectivity index (χ0v) is 14.0. The van der Waals surface area contributed by atoms with Gasteiger partial charge < -0.3 is 10.2 Å². The number of fused-ring (bicyclic) bond motifs is 5. The molecule has 0 aromatic heterocycles. The molecule has 2 N–H and O–H groups in total. The van der Waals surface area contributed by atoms with Gasteiger partial charge in [0.1, 0.15) is 11.9 Å². The highest BCUT2D eigenvalue weighted by atomic mass is 19.1. The molecule has 0 bridgehead atoms. The highest BCUT2D eigenvalue weighted by molar-refractivity contribution is 5.41. The van der Waals surface area contributed by atoms with Crippen LogP contribution in [0.3, 0.4) is 0 Å². The van der Waals surface area contributed by atoms with E-state index in [0.29, 0.717) is 24.2 Å². The monoisotopic (exact) mass is 318 g/mol. The average Bonchev–Trinajstić information content (AvgIpc) is 2.79. The number of alkyl halides is 1. The average molecular weight is 318 g/mol. The van der Waals surface area contributed by atoms with Crippen LogP contribution in [0.4, 0.5) is 4.39 Å². The summed E-state index contributed by atoms with van der Waals surface area (Å²) in [7, 11) is 0. The van der Waals surface area contributed by atoms with Crippen molar-refractivity contribution in [3.05, 3.63) is 29.3 Å². The van der Waals surface area contributed by atoms with E-state index in [2.05, 4.69) is 13.8 Å². The molecule has 3 aliphatic rings. The third-order valence-electron chi connectivity index (χ3n) is 7.09. The van der Waals surface area contributed by atoms with Crippen molar-refractivity contribution in [2.75, 3.05) is 0 Å². The van der Waals surface area contributed by atoms with E-state index in [4.69, 9.17) is 0 Å². The predicted octanol–water partition coefficient (Wildman–Crippen LogP) is 4.19. The summed E-state index contributed by atoms with van der Waals surface area (Å²) in [5.41, 5.74) is 2.18. The molecular weight excluding hydrogens is 291 g/mol. The summed E-state index contributed by atoms with van der Waals surface area (Å²) in [5.74, 6) is 1.41. The van der Waals surface area contributed by atoms with Gasteiger partial charge in [-0.05, 0) is 72.1 Å². The Hall–Kier alpha value is -1.09. The fraction of sp³-hybridized carbons (Fsp3) is 0.700. The number of halogens is 1. The number of hydrogen-bond acceptors (Lipinski definition) is 2. The van der Waals surface area contributed by atoms with Crippen molar-refractivity contribution >= 4 is 0 Å². The Kier molecular flexibility index (Phi) is 3.49. The van der Waals surface area contributed by atoms with Gasteiger partial charge in [-0.3, -0.25) is 0 Å². The number of phenolic OH excluding ortho intramolecular Hbond substituents is 1. The van der Waals surface area contributed by atoms with Gasteiger partial charge in [-0.25, -0.2) is 4.39 Å². The van der Waals surface area contributed by atoms with Crippen LogP contribution in [-0.4, -0.2) is 22.5 Å². The summed E-state index contributed by atoms with van der Waals surface area (Å²) in [6.07, 6.45) is 2.99. The smallest absolute Gasteiger partial charge is 0.115 e. The maximum Gasteiger partial charge on any atom is 0.115 e. The number of aliphatic hydroxyl groups excluding tert-OH is 1. The molecule has 3 heteroatoms. The first-order chi connectivity index (χ1) is 10.9. The van der Waals surface area contributed by atoms with E-state index >= 15 is 4.39 Å². The molecule has 0 spiro atoms. The molecule has 7 atom stereocenters. The van der Waals surface area contributed by atoms with Crippen molar-refractivity contribution in [2.45, 2.75) is 64.1 Å². The summed E-state index contributed by atoms with van der Waals surface area (Å²) in [4.78, 5) is 0. The highest BCUT2D eigenvalue weighted by Gasteiger charge is 2.58. The number of hydrogen-bond donors (Lipinski definition) is 2. The van der Waals surface area contributed by atoms with Gasteiger partial charge in [0.25, 0.3) is 0 Å². The van der Waals surface area contributed by atoms with Crippen molar-refractivity contribution in [1.82, 2.24) is 0 Å². The van der Waals surface area contributed by atoms with Gasteiger partial charge >= 0.3 is 0 Å². The lowest BCUT2D eigenvalue weighted by molar-refractivity contribution is -0.0246. The van der Waals surface area contributed by atoms with Crippen LogP contribution in [0.1, 0.15) is 56.6 Å². The Morgan fingerprint density at radius 2 is 2.09 bits per heavy atom. The molecule has 1 aromatic rings. The molecule has 0 saturated heterocycles. The fourth-order valence-corrected chi connectivity index (χ4v) is 6.22. The van der Waals surface area contributed by atoms with Crippen LogP contribution in [-0.2, 0) is 6.42 Å². The van der Waals surface area contributed by atoms with Crippen LogP contribution < -0.4 is 0 Å². The molecule has 0 amide bonds. The number of aromatic hydroxyl groups is 1. The molecule has 2 fully saturated rings. The number of aliphatic hydroxyl groups is 1. The predicted molar refractivity (Wildman–Crippen MR) is 88.2 cm³/mol. The van der Waals surface area contributed by atoms with Gasteiger partial charge in [0, 0.05) is 5.92 Å². The first kappa shape index (κ1) is 15.4. The van der Waals surface area contributed by atoms with Crippen molar-refractivity contribution in [3.63, 3.8) is 0 Å². The first-order valence-electron chi connectivity index (χ1n) is 9.07. The maximum absolute atomic E-state index is 15.3. The minimum Gasteiger partial charge on any atom is -0.508 e. The van der Waals surface area contributed by atoms with Crippen molar-refractivity contribution in [2.24, 2.45) is 23.2 Å². The van der Waals surface area contributed by atoms with E-state index in [1.165, 1.54) is 0 Å². The molecule has 23 heavy (non-hydrogen) atoms. The van der Waals surface area contributed by atoms with Gasteiger partial charge in [-0.2, -0.15) is 0 Å². The first-order valence-corrected chi connectivity index (χ1v) is 9.07. The SMILES string of the molecule is CC[C@@H]1Cc2cc(O)ccc2[C@@H]2[C@@H]1[C@@H]1C[C@H](O)C[C@@]1(C)C[C@@H]2F. The molecule has 0 heterocycles. The van der Waals surface area contributed by atoms with E-state index in [-0.39, 0.29) is 23.2 Å². The standard InChI is InChI=1S/C20H27FO2/c1-3-11-6-12-7-13(22)4-5-15(12)19-17(21)10-20(2)9-14(23)8-16(20)18(11)19/h4-5,7,11,14,16-19,22-23H,3,6,8-10H2,1-2H3/t11-,14+,16+,17+,18+,19+,20+/m1/s1. The fourth-order valence-electron chi connectivity index (χ4n) is 6.22. The summed E-state index contributed by atoms with van der Waals surface area (Å²) in [6, 6.07) is 5.47. The zero-order valence-electron chi connectivity index (χ0n) is 14.0. The normalized spacial score (nSPS) is 45.2. The minimum atomic E-state index is -0.843. The van der Waals surface area contributed by atoms with Crippen LogP contribution in [0.5, 0.6) is 5.75 Å². The second kappa shape index (κ2) is 5.20. The largest absolute Gasteiger partial charge is 0.508 e. The summed E-state index contributed by atoms with van der Waals surface area (Å²) in [5, 5.41) is 20.0. The van der Waals surface area contributed by atoms with E-state index in [9.17, 15) is 10.2 Å². The number of rotatable bonds is 1. The molecule has 2 nitrogen and oxygen atoms in total. The Morgan fingerprint density at radius 1 is 1.30 bits per heavy atom. The second-order valence-electron chi connectivity index (χ2n) is 8.43. The Morgan fingerprint density at radius 3 is 2.83 bits per heavy atom. The number of phenols is 1. The maximum atomic E-state index is 15.3. The van der Waals surface area contributed by atoms with Crippen molar-refractivity contribution in [3.8, 4) is 5.75 Å². The van der Waals surface area contributed by atoms with Gasteiger partial charge in [0.15, 0.2) is 0 Å². The Labute approximate surface area is 137 Å². The molecule has 0 unspecified atom stereocenters. The van der Waals surface area contributed by atoms with Crippen LogP contribution in [0.15, 0.2) is 18.2 Å². The lowest BCUT2D eigenvalue weighted by atomic mass is 9.52. The van der Waals surface area contributed by atoms with Crippen molar-refractivity contribution < 1.29 is 14.6 Å². The van der Waals surface area contributed by atoms with Gasteiger partial charge in [0.2, 0.25) is 0 Å². The van der Waals surface area contributed by atoms with Crippen LogP contribution in [0.25, 0.3) is 0 Å². The minimum absolute atomic E-state index is 0.0537. The highest BCUT2D eigenvalue weighted by Crippen LogP contribution is 2.63. The summed E-state index contributed by atoms with van der Waals surface area (Å²) in [6.45, 7) is 4.38.